The summed E-state index contributed by atoms with van der Waals surface area (Å²) in [7, 11) is 0. The number of carbonyl (C=O) groups is 3. The summed E-state index contributed by atoms with van der Waals surface area (Å²) in [6.45, 7) is 0.143. The Morgan fingerprint density at radius 1 is 0.900 bits per heavy atom. The van der Waals surface area contributed by atoms with Gasteiger partial charge in [0, 0.05) is 29.8 Å². The van der Waals surface area contributed by atoms with Gasteiger partial charge in [0.05, 0.1) is 11.8 Å². The highest BCUT2D eigenvalue weighted by molar-refractivity contribution is 6.05. The quantitative estimate of drug-likeness (QED) is 0.630. The van der Waals surface area contributed by atoms with Crippen LogP contribution in [-0.2, 0) is 14.4 Å². The molecule has 5 heteroatoms. The Kier molecular flexibility index (Phi) is 5.94. The molecule has 0 bridgehead atoms. The van der Waals surface area contributed by atoms with Gasteiger partial charge >= 0.3 is 0 Å². The molecule has 0 spiro atoms. The SMILES string of the molecule is O=C(CCN1C(=O)C2CCCCC2C1=O)Nc1cccc(C#Cc2ccccc2)c1. The lowest BCUT2D eigenvalue weighted by Gasteiger charge is -2.19. The molecule has 1 saturated heterocycles. The van der Waals surface area contributed by atoms with Crippen LogP contribution in [0.5, 0.6) is 0 Å². The molecule has 3 amide bonds. The highest BCUT2D eigenvalue weighted by Gasteiger charge is 2.47. The fourth-order valence-corrected chi connectivity index (χ4v) is 4.23. The maximum Gasteiger partial charge on any atom is 0.233 e. The van der Waals surface area contributed by atoms with Gasteiger partial charge in [0.25, 0.3) is 0 Å². The van der Waals surface area contributed by atoms with E-state index in [1.165, 1.54) is 4.90 Å². The number of rotatable bonds is 4. The third-order valence-electron chi connectivity index (χ3n) is 5.77. The Labute approximate surface area is 176 Å². The average Bonchev–Trinajstić information content (AvgIpc) is 3.02. The van der Waals surface area contributed by atoms with Crippen LogP contribution in [0.2, 0.25) is 0 Å². The van der Waals surface area contributed by atoms with Crippen LogP contribution in [0.1, 0.15) is 43.2 Å². The van der Waals surface area contributed by atoms with Crippen molar-refractivity contribution in [2.45, 2.75) is 32.1 Å². The summed E-state index contributed by atoms with van der Waals surface area (Å²) in [5, 5.41) is 2.84. The van der Waals surface area contributed by atoms with E-state index in [2.05, 4.69) is 17.2 Å². The molecule has 152 valence electrons. The van der Waals surface area contributed by atoms with E-state index in [9.17, 15) is 14.4 Å². The Hall–Kier alpha value is -3.39. The highest BCUT2D eigenvalue weighted by atomic mass is 16.2. The van der Waals surface area contributed by atoms with E-state index < -0.39 is 0 Å². The van der Waals surface area contributed by atoms with Gasteiger partial charge in [-0.1, -0.05) is 48.9 Å². The van der Waals surface area contributed by atoms with Crippen molar-refractivity contribution in [2.24, 2.45) is 11.8 Å². The summed E-state index contributed by atoms with van der Waals surface area (Å²) >= 11 is 0. The van der Waals surface area contributed by atoms with Gasteiger partial charge < -0.3 is 5.32 Å². The molecule has 1 heterocycles. The predicted molar refractivity (Wildman–Crippen MR) is 114 cm³/mol. The number of imide groups is 1. The van der Waals surface area contributed by atoms with E-state index in [1.807, 2.05) is 48.5 Å². The normalized spacial score (nSPS) is 20.3. The number of amides is 3. The molecule has 2 fully saturated rings. The van der Waals surface area contributed by atoms with Crippen molar-refractivity contribution in [3.8, 4) is 11.8 Å². The Balaban J connectivity index is 1.34. The van der Waals surface area contributed by atoms with Crippen LogP contribution in [0.15, 0.2) is 54.6 Å². The van der Waals surface area contributed by atoms with Crippen LogP contribution in [-0.4, -0.2) is 29.2 Å². The number of likely N-dealkylation sites (tertiary alicyclic amines) is 1. The molecular weight excluding hydrogens is 376 g/mol. The van der Waals surface area contributed by atoms with Crippen molar-refractivity contribution in [1.29, 1.82) is 0 Å². The van der Waals surface area contributed by atoms with Crippen LogP contribution >= 0.6 is 0 Å². The molecular formula is C25H24N2O3. The number of hydrogen-bond acceptors (Lipinski definition) is 3. The molecule has 0 aromatic heterocycles. The smallest absolute Gasteiger partial charge is 0.233 e. The molecule has 4 rings (SSSR count). The van der Waals surface area contributed by atoms with Gasteiger partial charge in [0.2, 0.25) is 17.7 Å². The van der Waals surface area contributed by atoms with Crippen molar-refractivity contribution in [3.63, 3.8) is 0 Å². The van der Waals surface area contributed by atoms with Gasteiger partial charge in [0.1, 0.15) is 0 Å². The monoisotopic (exact) mass is 400 g/mol. The molecule has 2 aromatic rings. The molecule has 0 radical (unpaired) electrons. The minimum atomic E-state index is -0.223. The summed E-state index contributed by atoms with van der Waals surface area (Å²) in [4.78, 5) is 38.7. The maximum absolute atomic E-state index is 12.5. The van der Waals surface area contributed by atoms with Crippen molar-refractivity contribution in [2.75, 3.05) is 11.9 Å². The minimum absolute atomic E-state index is 0.0941. The second kappa shape index (κ2) is 8.96. The number of benzene rings is 2. The van der Waals surface area contributed by atoms with E-state index in [4.69, 9.17) is 0 Å². The summed E-state index contributed by atoms with van der Waals surface area (Å²) in [6, 6.07) is 17.0. The maximum atomic E-state index is 12.5. The fraction of sp³-hybridized carbons (Fsp3) is 0.320. The lowest BCUT2D eigenvalue weighted by atomic mass is 9.81. The Bertz CT molecular complexity index is 995. The Morgan fingerprint density at radius 3 is 2.23 bits per heavy atom. The number of fused-ring (bicyclic) bond motifs is 1. The van der Waals surface area contributed by atoms with Gasteiger partial charge in [-0.25, -0.2) is 0 Å². The van der Waals surface area contributed by atoms with Crippen LogP contribution in [0.3, 0.4) is 0 Å². The van der Waals surface area contributed by atoms with Gasteiger partial charge in [-0.3, -0.25) is 19.3 Å². The molecule has 1 N–H and O–H groups in total. The molecule has 1 aliphatic carbocycles. The van der Waals surface area contributed by atoms with E-state index >= 15 is 0 Å². The van der Waals surface area contributed by atoms with Crippen LogP contribution in [0.4, 0.5) is 5.69 Å². The first kappa shape index (κ1) is 19.9. The fourth-order valence-electron chi connectivity index (χ4n) is 4.23. The third-order valence-corrected chi connectivity index (χ3v) is 5.77. The number of hydrogen-bond donors (Lipinski definition) is 1. The number of nitrogens with one attached hydrogen (secondary N) is 1. The molecule has 1 aliphatic heterocycles. The van der Waals surface area contributed by atoms with Gasteiger partial charge in [-0.05, 0) is 43.2 Å². The summed E-state index contributed by atoms with van der Waals surface area (Å²) in [5.74, 6) is 5.42. The molecule has 2 aromatic carbocycles. The van der Waals surface area contributed by atoms with Crippen LogP contribution in [0.25, 0.3) is 0 Å². The van der Waals surface area contributed by atoms with E-state index in [-0.39, 0.29) is 42.5 Å². The largest absolute Gasteiger partial charge is 0.326 e. The summed E-state index contributed by atoms with van der Waals surface area (Å²) in [6.07, 6.45) is 3.66. The number of anilines is 1. The number of carbonyl (C=O) groups excluding carboxylic acids is 3. The zero-order valence-corrected chi connectivity index (χ0v) is 16.8. The number of nitrogens with zero attached hydrogens (tertiary/aromatic N) is 1. The van der Waals surface area contributed by atoms with Crippen LogP contribution in [0, 0.1) is 23.7 Å². The summed E-state index contributed by atoms with van der Waals surface area (Å²) < 4.78 is 0. The van der Waals surface area contributed by atoms with E-state index in [1.54, 1.807) is 6.07 Å². The van der Waals surface area contributed by atoms with Crippen molar-refractivity contribution >= 4 is 23.4 Å². The molecule has 2 aliphatic rings. The van der Waals surface area contributed by atoms with Crippen molar-refractivity contribution < 1.29 is 14.4 Å². The zero-order valence-electron chi connectivity index (χ0n) is 16.8. The standard InChI is InChI=1S/C25H24N2O3/c28-23(15-16-27-24(29)21-11-4-5-12-22(21)25(27)30)26-20-10-6-9-19(17-20)14-13-18-7-2-1-3-8-18/h1-3,6-10,17,21-22H,4-5,11-12,15-16H2,(H,26,28). The van der Waals surface area contributed by atoms with Crippen molar-refractivity contribution in [3.05, 3.63) is 65.7 Å². The molecule has 30 heavy (non-hydrogen) atoms. The van der Waals surface area contributed by atoms with Gasteiger partial charge in [0.15, 0.2) is 0 Å². The molecule has 5 nitrogen and oxygen atoms in total. The average molecular weight is 400 g/mol. The lowest BCUT2D eigenvalue weighted by Crippen LogP contribution is -2.34. The molecule has 2 unspecified atom stereocenters. The zero-order chi connectivity index (χ0) is 20.9. The van der Waals surface area contributed by atoms with Crippen LogP contribution < -0.4 is 5.32 Å². The Morgan fingerprint density at radius 2 is 1.53 bits per heavy atom. The first-order valence-electron chi connectivity index (χ1n) is 10.4. The molecule has 1 saturated carbocycles. The highest BCUT2D eigenvalue weighted by Crippen LogP contribution is 2.37. The predicted octanol–water partition coefficient (Wildman–Crippen LogP) is 3.59. The lowest BCUT2D eigenvalue weighted by molar-refractivity contribution is -0.140. The second-order valence-corrected chi connectivity index (χ2v) is 7.82. The third kappa shape index (κ3) is 4.44. The van der Waals surface area contributed by atoms with Gasteiger partial charge in [-0.2, -0.15) is 0 Å². The second-order valence-electron chi connectivity index (χ2n) is 7.82. The van der Waals surface area contributed by atoms with Gasteiger partial charge in [-0.15, -0.1) is 0 Å². The first-order chi connectivity index (χ1) is 14.6. The first-order valence-corrected chi connectivity index (χ1v) is 10.4. The molecule has 2 atom stereocenters. The summed E-state index contributed by atoms with van der Waals surface area (Å²) in [5.41, 5.74) is 2.37. The van der Waals surface area contributed by atoms with E-state index in [0.717, 1.165) is 36.8 Å². The van der Waals surface area contributed by atoms with Crippen molar-refractivity contribution in [1.82, 2.24) is 4.90 Å². The topological polar surface area (TPSA) is 66.5 Å². The van der Waals surface area contributed by atoms with E-state index in [0.29, 0.717) is 5.69 Å². The minimum Gasteiger partial charge on any atom is -0.326 e.